The monoisotopic (exact) mass is 595 g/mol. The Balaban J connectivity index is 1.66. The summed E-state index contributed by atoms with van der Waals surface area (Å²) >= 11 is 1.28. The van der Waals surface area contributed by atoms with E-state index in [2.05, 4.69) is 25.9 Å². The van der Waals surface area contributed by atoms with Gasteiger partial charge in [-0.1, -0.05) is 44.2 Å². The van der Waals surface area contributed by atoms with Crippen LogP contribution in [0.25, 0.3) is 0 Å². The van der Waals surface area contributed by atoms with Gasteiger partial charge in [-0.3, -0.25) is 19.2 Å². The lowest BCUT2D eigenvalue weighted by molar-refractivity contribution is -0.130. The van der Waals surface area contributed by atoms with Gasteiger partial charge in [-0.25, -0.2) is 9.97 Å². The SMILES string of the molecule is Cc1oc2nc1C(=O)N[C@@H](C(C)C)c1nc(cs1)C(=O)NCCN(C(=O)CN)CCCC(=O)N[C@H]2Cc1ccccc1. The van der Waals surface area contributed by atoms with E-state index >= 15 is 0 Å². The normalized spacial score (nSPS) is 19.2. The van der Waals surface area contributed by atoms with Gasteiger partial charge >= 0.3 is 0 Å². The van der Waals surface area contributed by atoms with Gasteiger partial charge in [0.05, 0.1) is 12.6 Å². The Morgan fingerprint density at radius 1 is 1.12 bits per heavy atom. The molecule has 0 unspecified atom stereocenters. The first-order valence-electron chi connectivity index (χ1n) is 14.0. The van der Waals surface area contributed by atoms with Gasteiger partial charge in [-0.2, -0.15) is 0 Å². The van der Waals surface area contributed by atoms with Crippen LogP contribution in [0.3, 0.4) is 0 Å². The largest absolute Gasteiger partial charge is 0.443 e. The molecule has 1 aliphatic heterocycles. The zero-order chi connectivity index (χ0) is 30.2. The first-order chi connectivity index (χ1) is 20.2. The second kappa shape index (κ2) is 14.2. The summed E-state index contributed by atoms with van der Waals surface area (Å²) in [4.78, 5) is 62.2. The number of aromatic nitrogens is 2. The van der Waals surface area contributed by atoms with Gasteiger partial charge in [0.15, 0.2) is 5.69 Å². The molecule has 0 fully saturated rings. The number of nitrogens with zero attached hydrogens (tertiary/aromatic N) is 3. The van der Waals surface area contributed by atoms with Crippen molar-refractivity contribution in [1.29, 1.82) is 0 Å². The number of thiazole rings is 1. The number of amides is 4. The molecule has 42 heavy (non-hydrogen) atoms. The third kappa shape index (κ3) is 7.79. The van der Waals surface area contributed by atoms with E-state index in [0.29, 0.717) is 30.2 Å². The molecule has 0 aliphatic carbocycles. The highest BCUT2D eigenvalue weighted by molar-refractivity contribution is 7.09. The number of carbonyl (C=O) groups excluding carboxylic acids is 4. The van der Waals surface area contributed by atoms with Crippen LogP contribution < -0.4 is 21.7 Å². The summed E-state index contributed by atoms with van der Waals surface area (Å²) in [6.45, 7) is 6.09. The quantitative estimate of drug-likeness (QED) is 0.356. The van der Waals surface area contributed by atoms with Crippen molar-refractivity contribution in [2.75, 3.05) is 26.2 Å². The first kappa shape index (κ1) is 30.8. The van der Waals surface area contributed by atoms with Gasteiger partial charge in [0.25, 0.3) is 11.8 Å². The molecule has 1 aromatic carbocycles. The van der Waals surface area contributed by atoms with Crippen LogP contribution in [0.4, 0.5) is 0 Å². The molecule has 5 N–H and O–H groups in total. The van der Waals surface area contributed by atoms with Crippen LogP contribution in [0.1, 0.15) is 82.0 Å². The summed E-state index contributed by atoms with van der Waals surface area (Å²) in [5, 5.41) is 11.0. The molecule has 0 radical (unpaired) electrons. The van der Waals surface area contributed by atoms with Crippen molar-refractivity contribution in [1.82, 2.24) is 30.8 Å². The van der Waals surface area contributed by atoms with E-state index in [0.717, 1.165) is 5.56 Å². The number of rotatable bonds is 4. The molecular weight excluding hydrogens is 558 g/mol. The fourth-order valence-electron chi connectivity index (χ4n) is 4.67. The maximum absolute atomic E-state index is 13.4. The Morgan fingerprint density at radius 3 is 2.60 bits per heavy atom. The van der Waals surface area contributed by atoms with E-state index in [1.807, 2.05) is 44.2 Å². The third-order valence-corrected chi connectivity index (χ3v) is 7.87. The molecule has 4 rings (SSSR count). The average molecular weight is 596 g/mol. The second-order valence-corrected chi connectivity index (χ2v) is 11.4. The van der Waals surface area contributed by atoms with Crippen molar-refractivity contribution in [3.63, 3.8) is 0 Å². The molecule has 0 saturated heterocycles. The van der Waals surface area contributed by atoms with Crippen molar-refractivity contribution in [3.05, 3.63) is 69.3 Å². The Bertz CT molecular complexity index is 1400. The third-order valence-electron chi connectivity index (χ3n) is 6.94. The highest BCUT2D eigenvalue weighted by Crippen LogP contribution is 2.27. The van der Waals surface area contributed by atoms with E-state index in [4.69, 9.17) is 10.2 Å². The van der Waals surface area contributed by atoms with Crippen LogP contribution in [0, 0.1) is 12.8 Å². The number of hydrogen-bond donors (Lipinski definition) is 4. The lowest BCUT2D eigenvalue weighted by Crippen LogP contribution is -2.42. The van der Waals surface area contributed by atoms with Crippen molar-refractivity contribution >= 4 is 35.0 Å². The molecule has 3 aromatic rings. The highest BCUT2D eigenvalue weighted by atomic mass is 32.1. The smallest absolute Gasteiger partial charge is 0.274 e. The van der Waals surface area contributed by atoms with Crippen molar-refractivity contribution in [3.8, 4) is 0 Å². The highest BCUT2D eigenvalue weighted by Gasteiger charge is 2.29. The number of nitrogens with one attached hydrogen (secondary N) is 3. The zero-order valence-corrected chi connectivity index (χ0v) is 24.8. The predicted molar refractivity (Wildman–Crippen MR) is 157 cm³/mol. The Morgan fingerprint density at radius 2 is 1.88 bits per heavy atom. The number of benzene rings is 1. The average Bonchev–Trinajstić information content (AvgIpc) is 3.61. The number of fused-ring (bicyclic) bond motifs is 4. The molecule has 2 atom stereocenters. The molecule has 0 saturated carbocycles. The van der Waals surface area contributed by atoms with Gasteiger partial charge in [-0.05, 0) is 24.8 Å². The van der Waals surface area contributed by atoms with Gasteiger partial charge < -0.3 is 31.0 Å². The predicted octanol–water partition coefficient (Wildman–Crippen LogP) is 2.28. The van der Waals surface area contributed by atoms with Crippen LogP contribution in [0.2, 0.25) is 0 Å². The van der Waals surface area contributed by atoms with Gasteiger partial charge in [0.2, 0.25) is 17.7 Å². The number of oxazole rings is 1. The minimum absolute atomic E-state index is 0.0403. The molecule has 3 heterocycles. The Kier molecular flexibility index (Phi) is 10.4. The fraction of sp³-hybridized carbons (Fsp3) is 0.448. The van der Waals surface area contributed by atoms with E-state index in [1.165, 1.54) is 16.2 Å². The first-order valence-corrected chi connectivity index (χ1v) is 14.9. The van der Waals surface area contributed by atoms with Gasteiger partial charge in [0.1, 0.15) is 22.5 Å². The number of hydrogen-bond acceptors (Lipinski definition) is 9. The molecule has 4 bridgehead atoms. The van der Waals surface area contributed by atoms with Crippen molar-refractivity contribution in [2.24, 2.45) is 11.7 Å². The number of nitrogens with two attached hydrogens (primary N) is 1. The summed E-state index contributed by atoms with van der Waals surface area (Å²) in [5.41, 5.74) is 6.90. The van der Waals surface area contributed by atoms with Crippen LogP contribution in [-0.4, -0.2) is 64.7 Å². The lowest BCUT2D eigenvalue weighted by atomic mass is 10.0. The van der Waals surface area contributed by atoms with E-state index in [9.17, 15) is 19.2 Å². The van der Waals surface area contributed by atoms with Crippen molar-refractivity contribution < 1.29 is 23.6 Å². The fourth-order valence-corrected chi connectivity index (χ4v) is 5.69. The van der Waals surface area contributed by atoms with Gasteiger partial charge in [-0.15, -0.1) is 11.3 Å². The molecule has 1 aliphatic rings. The van der Waals surface area contributed by atoms with Crippen LogP contribution in [0.15, 0.2) is 40.1 Å². The van der Waals surface area contributed by atoms with E-state index in [-0.39, 0.29) is 67.0 Å². The minimum Gasteiger partial charge on any atom is -0.443 e. The molecule has 4 amide bonds. The van der Waals surface area contributed by atoms with Crippen molar-refractivity contribution in [2.45, 2.75) is 52.1 Å². The Hall–Kier alpha value is -4.10. The summed E-state index contributed by atoms with van der Waals surface area (Å²) in [6.07, 6.45) is 0.923. The summed E-state index contributed by atoms with van der Waals surface area (Å²) in [6, 6.07) is 8.50. The summed E-state index contributed by atoms with van der Waals surface area (Å²) < 4.78 is 5.95. The Labute approximate surface area is 248 Å². The molecule has 2 aromatic heterocycles. The van der Waals surface area contributed by atoms with Crippen LogP contribution >= 0.6 is 11.3 Å². The number of carbonyl (C=O) groups is 4. The van der Waals surface area contributed by atoms with Crippen LogP contribution in [0.5, 0.6) is 0 Å². The molecule has 13 heteroatoms. The topological polar surface area (TPSA) is 173 Å². The van der Waals surface area contributed by atoms with E-state index in [1.54, 1.807) is 12.3 Å². The molecular formula is C29H37N7O5S. The molecule has 0 spiro atoms. The van der Waals surface area contributed by atoms with E-state index < -0.39 is 18.0 Å². The molecule has 224 valence electrons. The summed E-state index contributed by atoms with van der Waals surface area (Å²) in [7, 11) is 0. The zero-order valence-electron chi connectivity index (χ0n) is 24.0. The minimum atomic E-state index is -0.620. The summed E-state index contributed by atoms with van der Waals surface area (Å²) in [5.74, 6) is -0.853. The molecule has 12 nitrogen and oxygen atoms in total. The van der Waals surface area contributed by atoms with Crippen LogP contribution in [-0.2, 0) is 16.0 Å². The second-order valence-electron chi connectivity index (χ2n) is 10.5. The van der Waals surface area contributed by atoms with Gasteiger partial charge in [0, 0.05) is 37.9 Å². The maximum Gasteiger partial charge on any atom is 0.274 e. The number of aryl methyl sites for hydroxylation is 1. The maximum atomic E-state index is 13.4. The standard InChI is InChI=1S/C29H37N7O5S/c1-17(2)24-29-33-21(16-42-29)26(39)31-11-13-36(23(38)15-30)12-7-10-22(37)32-20(14-19-8-5-4-6-9-19)28-35-25(18(3)41-28)27(40)34-24/h4-6,8-9,16-17,20,24H,7,10-15,30H2,1-3H3,(H,31,39)(H,32,37)(H,34,40)/t20-,24-/m0/s1. The lowest BCUT2D eigenvalue weighted by Gasteiger charge is -2.22.